The third-order valence-electron chi connectivity index (χ3n) is 2.90. The van der Waals surface area contributed by atoms with Crippen molar-refractivity contribution in [1.82, 2.24) is 5.32 Å². The van der Waals surface area contributed by atoms with Crippen molar-refractivity contribution in [3.05, 3.63) is 24.3 Å². The Morgan fingerprint density at radius 1 is 1.00 bits per heavy atom. The van der Waals surface area contributed by atoms with E-state index in [4.69, 9.17) is 14.2 Å². The Kier molecular flexibility index (Phi) is 8.77. The Morgan fingerprint density at radius 3 is 2.29 bits per heavy atom. The van der Waals surface area contributed by atoms with Crippen molar-refractivity contribution >= 4 is 0 Å². The van der Waals surface area contributed by atoms with E-state index in [1.807, 2.05) is 0 Å². The lowest BCUT2D eigenvalue weighted by atomic mass is 10.2. The molecule has 1 rings (SSSR count). The second kappa shape index (κ2) is 10.4. The summed E-state index contributed by atoms with van der Waals surface area (Å²) >= 11 is 0. The third-order valence-corrected chi connectivity index (χ3v) is 2.90. The van der Waals surface area contributed by atoms with Crippen LogP contribution in [0.1, 0.15) is 6.42 Å². The van der Waals surface area contributed by atoms with Gasteiger partial charge >= 0.3 is 0 Å². The minimum atomic E-state index is -0.605. The molecule has 6 nitrogen and oxygen atoms in total. The molecule has 0 saturated heterocycles. The van der Waals surface area contributed by atoms with Crippen molar-refractivity contribution < 1.29 is 24.4 Å². The Labute approximate surface area is 125 Å². The summed E-state index contributed by atoms with van der Waals surface area (Å²) in [5, 5.41) is 22.3. The van der Waals surface area contributed by atoms with Crippen molar-refractivity contribution in [3.8, 4) is 11.5 Å². The highest BCUT2D eigenvalue weighted by Gasteiger charge is 2.07. The maximum absolute atomic E-state index is 9.78. The minimum Gasteiger partial charge on any atom is -0.497 e. The summed E-state index contributed by atoms with van der Waals surface area (Å²) < 4.78 is 15.4. The van der Waals surface area contributed by atoms with E-state index in [0.29, 0.717) is 31.9 Å². The van der Waals surface area contributed by atoms with Crippen LogP contribution in [0.5, 0.6) is 11.5 Å². The summed E-state index contributed by atoms with van der Waals surface area (Å²) in [6.45, 7) is 1.56. The van der Waals surface area contributed by atoms with Gasteiger partial charge in [0.25, 0.3) is 0 Å². The summed E-state index contributed by atoms with van der Waals surface area (Å²) in [5.74, 6) is 1.45. The Bertz CT molecular complexity index is 371. The van der Waals surface area contributed by atoms with E-state index in [9.17, 15) is 10.2 Å². The third kappa shape index (κ3) is 7.87. The van der Waals surface area contributed by atoms with Gasteiger partial charge < -0.3 is 29.7 Å². The number of methoxy groups -OCH3 is 2. The fourth-order valence-electron chi connectivity index (χ4n) is 1.74. The SMILES string of the molecule is COCC(O)CCNCC(O)COc1ccc(OC)cc1. The van der Waals surface area contributed by atoms with Crippen molar-refractivity contribution in [2.24, 2.45) is 0 Å². The quantitative estimate of drug-likeness (QED) is 0.514. The number of rotatable bonds is 11. The standard InChI is InChI=1S/C15H25NO5/c1-19-10-12(17)7-8-16-9-13(18)11-21-15-5-3-14(20-2)4-6-15/h3-6,12-13,16-18H,7-11H2,1-2H3. The van der Waals surface area contributed by atoms with Crippen LogP contribution in [-0.4, -0.2) is 62.9 Å². The Hall–Kier alpha value is -1.34. The normalized spacial score (nSPS) is 13.7. The summed E-state index contributed by atoms with van der Waals surface area (Å²) in [6.07, 6.45) is -0.498. The largest absolute Gasteiger partial charge is 0.497 e. The minimum absolute atomic E-state index is 0.208. The predicted octanol–water partition coefficient (Wildman–Crippen LogP) is 0.422. The molecule has 0 aliphatic carbocycles. The molecule has 2 unspecified atom stereocenters. The van der Waals surface area contributed by atoms with E-state index in [1.54, 1.807) is 38.5 Å². The molecular weight excluding hydrogens is 274 g/mol. The number of aliphatic hydroxyl groups is 2. The van der Waals surface area contributed by atoms with E-state index < -0.39 is 12.2 Å². The van der Waals surface area contributed by atoms with Crippen molar-refractivity contribution in [1.29, 1.82) is 0 Å². The molecular formula is C15H25NO5. The topological polar surface area (TPSA) is 80.2 Å². The Morgan fingerprint density at radius 2 is 1.67 bits per heavy atom. The smallest absolute Gasteiger partial charge is 0.119 e. The molecule has 0 saturated carbocycles. The molecule has 1 aromatic carbocycles. The summed E-state index contributed by atoms with van der Waals surface area (Å²) in [5.41, 5.74) is 0. The number of aliphatic hydroxyl groups excluding tert-OH is 2. The van der Waals surface area contributed by atoms with Gasteiger partial charge in [0.15, 0.2) is 0 Å². The highest BCUT2D eigenvalue weighted by atomic mass is 16.5. The first-order chi connectivity index (χ1) is 10.2. The molecule has 120 valence electrons. The van der Waals surface area contributed by atoms with Gasteiger partial charge in [-0.1, -0.05) is 0 Å². The van der Waals surface area contributed by atoms with Gasteiger partial charge in [0, 0.05) is 13.7 Å². The molecule has 6 heteroatoms. The van der Waals surface area contributed by atoms with E-state index >= 15 is 0 Å². The van der Waals surface area contributed by atoms with Crippen molar-refractivity contribution in [3.63, 3.8) is 0 Å². The molecule has 0 spiro atoms. The molecule has 3 N–H and O–H groups in total. The molecule has 0 heterocycles. The fraction of sp³-hybridized carbons (Fsp3) is 0.600. The van der Waals surface area contributed by atoms with Gasteiger partial charge in [-0.15, -0.1) is 0 Å². The number of hydrogen-bond donors (Lipinski definition) is 3. The molecule has 0 aliphatic rings. The first-order valence-electron chi connectivity index (χ1n) is 6.98. The van der Waals surface area contributed by atoms with Gasteiger partial charge in [-0.2, -0.15) is 0 Å². The summed E-state index contributed by atoms with van der Waals surface area (Å²) in [4.78, 5) is 0. The molecule has 21 heavy (non-hydrogen) atoms. The van der Waals surface area contributed by atoms with Gasteiger partial charge in [-0.25, -0.2) is 0 Å². The number of ether oxygens (including phenoxy) is 3. The van der Waals surface area contributed by atoms with Crippen LogP contribution in [0.2, 0.25) is 0 Å². The molecule has 0 radical (unpaired) electrons. The van der Waals surface area contributed by atoms with Crippen LogP contribution in [-0.2, 0) is 4.74 Å². The van der Waals surface area contributed by atoms with Gasteiger partial charge in [0.05, 0.1) is 19.8 Å². The fourth-order valence-corrected chi connectivity index (χ4v) is 1.74. The molecule has 0 fully saturated rings. The first-order valence-corrected chi connectivity index (χ1v) is 6.98. The molecule has 0 aliphatic heterocycles. The lowest BCUT2D eigenvalue weighted by molar-refractivity contribution is 0.0577. The zero-order chi connectivity index (χ0) is 15.5. The van der Waals surface area contributed by atoms with Crippen LogP contribution >= 0.6 is 0 Å². The van der Waals surface area contributed by atoms with E-state index in [2.05, 4.69) is 5.32 Å². The zero-order valence-electron chi connectivity index (χ0n) is 12.6. The van der Waals surface area contributed by atoms with Gasteiger partial charge in [0.2, 0.25) is 0 Å². The van der Waals surface area contributed by atoms with Gasteiger partial charge in [0.1, 0.15) is 24.2 Å². The van der Waals surface area contributed by atoms with Crippen molar-refractivity contribution in [2.45, 2.75) is 18.6 Å². The lowest BCUT2D eigenvalue weighted by Gasteiger charge is -2.14. The Balaban J connectivity index is 2.11. The second-order valence-electron chi connectivity index (χ2n) is 4.74. The number of nitrogens with one attached hydrogen (secondary N) is 1. The highest BCUT2D eigenvalue weighted by molar-refractivity contribution is 5.31. The van der Waals surface area contributed by atoms with Crippen LogP contribution in [0.3, 0.4) is 0 Å². The van der Waals surface area contributed by atoms with E-state index in [-0.39, 0.29) is 6.61 Å². The summed E-state index contributed by atoms with van der Waals surface area (Å²) in [7, 11) is 3.16. The van der Waals surface area contributed by atoms with Gasteiger partial charge in [-0.3, -0.25) is 0 Å². The first kappa shape index (κ1) is 17.7. The monoisotopic (exact) mass is 299 g/mol. The van der Waals surface area contributed by atoms with Crippen LogP contribution in [0.25, 0.3) is 0 Å². The molecule has 0 bridgehead atoms. The van der Waals surface area contributed by atoms with E-state index in [1.165, 1.54) is 0 Å². The second-order valence-corrected chi connectivity index (χ2v) is 4.74. The highest BCUT2D eigenvalue weighted by Crippen LogP contribution is 2.16. The van der Waals surface area contributed by atoms with Crippen LogP contribution in [0.15, 0.2) is 24.3 Å². The maximum atomic E-state index is 9.78. The average molecular weight is 299 g/mol. The van der Waals surface area contributed by atoms with E-state index in [0.717, 1.165) is 5.75 Å². The van der Waals surface area contributed by atoms with Gasteiger partial charge in [-0.05, 0) is 37.2 Å². The van der Waals surface area contributed by atoms with Crippen LogP contribution in [0, 0.1) is 0 Å². The molecule has 0 aromatic heterocycles. The van der Waals surface area contributed by atoms with Crippen LogP contribution in [0.4, 0.5) is 0 Å². The molecule has 2 atom stereocenters. The number of hydrogen-bond acceptors (Lipinski definition) is 6. The zero-order valence-corrected chi connectivity index (χ0v) is 12.6. The molecule has 0 amide bonds. The maximum Gasteiger partial charge on any atom is 0.119 e. The van der Waals surface area contributed by atoms with Crippen molar-refractivity contribution in [2.75, 3.05) is 40.5 Å². The summed E-state index contributed by atoms with van der Waals surface area (Å²) in [6, 6.07) is 7.19. The average Bonchev–Trinajstić information content (AvgIpc) is 2.50. The lowest BCUT2D eigenvalue weighted by Crippen LogP contribution is -2.33. The molecule has 1 aromatic rings. The predicted molar refractivity (Wildman–Crippen MR) is 79.9 cm³/mol. The number of benzene rings is 1. The van der Waals surface area contributed by atoms with Crippen LogP contribution < -0.4 is 14.8 Å².